The third-order valence-corrected chi connectivity index (χ3v) is 5.17. The van der Waals surface area contributed by atoms with Gasteiger partial charge in [0.1, 0.15) is 5.75 Å². The molecule has 2 aromatic rings. The number of ether oxygens (including phenoxy) is 1. The molecule has 2 aromatic carbocycles. The van der Waals surface area contributed by atoms with Gasteiger partial charge in [-0.25, -0.2) is 0 Å². The van der Waals surface area contributed by atoms with Crippen LogP contribution < -0.4 is 4.74 Å². The van der Waals surface area contributed by atoms with Crippen molar-refractivity contribution in [1.29, 1.82) is 0 Å². The van der Waals surface area contributed by atoms with Crippen LogP contribution in [0.25, 0.3) is 0 Å². The fraction of sp³-hybridized carbons (Fsp3) is 0.350. The van der Waals surface area contributed by atoms with Crippen molar-refractivity contribution in [3.63, 3.8) is 0 Å². The number of halogens is 2. The smallest absolute Gasteiger partial charge is 0.188 e. The molecular formula is C20H20Cl2N2O. The Hall–Kier alpha value is -1.71. The highest BCUT2D eigenvalue weighted by atomic mass is 35.5. The number of fused-ring (bicyclic) bond motifs is 3. The summed E-state index contributed by atoms with van der Waals surface area (Å²) in [5, 5.41) is 8.49. The third kappa shape index (κ3) is 3.23. The molecule has 0 amide bonds. The Bertz CT molecular complexity index is 817. The van der Waals surface area contributed by atoms with E-state index in [1.54, 1.807) is 0 Å². The number of hydrazone groups is 1. The van der Waals surface area contributed by atoms with Crippen LogP contribution in [0, 0.1) is 5.92 Å². The van der Waals surface area contributed by atoms with E-state index in [2.05, 4.69) is 18.9 Å². The van der Waals surface area contributed by atoms with Gasteiger partial charge >= 0.3 is 0 Å². The number of hydrogen-bond donors (Lipinski definition) is 0. The van der Waals surface area contributed by atoms with E-state index in [0.29, 0.717) is 5.92 Å². The predicted octanol–water partition coefficient (Wildman–Crippen LogP) is 5.91. The van der Waals surface area contributed by atoms with Crippen molar-refractivity contribution >= 4 is 28.9 Å². The first-order valence-electron chi connectivity index (χ1n) is 8.59. The molecule has 0 saturated heterocycles. The van der Waals surface area contributed by atoms with Gasteiger partial charge in [0.05, 0.1) is 11.8 Å². The number of hydrogen-bond acceptors (Lipinski definition) is 3. The van der Waals surface area contributed by atoms with Crippen molar-refractivity contribution in [1.82, 2.24) is 5.01 Å². The molecule has 4 rings (SSSR count). The molecule has 0 bridgehead atoms. The highest BCUT2D eigenvalue weighted by Crippen LogP contribution is 2.45. The first kappa shape index (κ1) is 16.7. The molecule has 0 aromatic heterocycles. The van der Waals surface area contributed by atoms with Gasteiger partial charge in [0.25, 0.3) is 0 Å². The lowest BCUT2D eigenvalue weighted by molar-refractivity contribution is -0.0291. The molecule has 0 saturated carbocycles. The van der Waals surface area contributed by atoms with E-state index in [9.17, 15) is 0 Å². The maximum Gasteiger partial charge on any atom is 0.188 e. The Morgan fingerprint density at radius 1 is 1.12 bits per heavy atom. The molecule has 0 aliphatic carbocycles. The van der Waals surface area contributed by atoms with E-state index in [-0.39, 0.29) is 12.3 Å². The molecule has 0 unspecified atom stereocenters. The second-order valence-electron chi connectivity index (χ2n) is 7.04. The predicted molar refractivity (Wildman–Crippen MR) is 103 cm³/mol. The molecule has 2 atom stereocenters. The standard InChI is InChI=1S/C20H20Cl2N2O/c1-12(2)9-20-24-18(16-10-15(22)7-8-19(16)25-20)11-17(23-24)13-3-5-14(21)6-4-13/h3-8,10,12,18,20H,9,11H2,1-2H3/t18-,20+/m1/s1. The van der Waals surface area contributed by atoms with Gasteiger partial charge in [-0.15, -0.1) is 0 Å². The minimum absolute atomic E-state index is 0.0523. The molecule has 0 N–H and O–H groups in total. The van der Waals surface area contributed by atoms with Crippen LogP contribution in [-0.4, -0.2) is 16.9 Å². The van der Waals surface area contributed by atoms with Crippen LogP contribution >= 0.6 is 23.2 Å². The second kappa shape index (κ2) is 6.54. The quantitative estimate of drug-likeness (QED) is 0.666. The molecular weight excluding hydrogens is 355 g/mol. The summed E-state index contributed by atoms with van der Waals surface area (Å²) >= 11 is 12.3. The van der Waals surface area contributed by atoms with Gasteiger partial charge in [-0.05, 0) is 41.8 Å². The first-order valence-corrected chi connectivity index (χ1v) is 9.34. The lowest BCUT2D eigenvalue weighted by atomic mass is 9.95. The zero-order valence-corrected chi connectivity index (χ0v) is 15.8. The maximum absolute atomic E-state index is 6.25. The van der Waals surface area contributed by atoms with E-state index in [4.69, 9.17) is 33.0 Å². The molecule has 25 heavy (non-hydrogen) atoms. The van der Waals surface area contributed by atoms with Crippen molar-refractivity contribution in [3.05, 3.63) is 63.6 Å². The molecule has 5 heteroatoms. The van der Waals surface area contributed by atoms with Crippen molar-refractivity contribution < 1.29 is 4.74 Å². The van der Waals surface area contributed by atoms with Gasteiger partial charge in [0.15, 0.2) is 6.23 Å². The molecule has 2 aliphatic rings. The fourth-order valence-corrected chi connectivity index (χ4v) is 3.82. The van der Waals surface area contributed by atoms with E-state index in [1.807, 2.05) is 42.5 Å². The van der Waals surface area contributed by atoms with Crippen LogP contribution in [0.3, 0.4) is 0 Å². The summed E-state index contributed by atoms with van der Waals surface area (Å²) in [5.74, 6) is 1.44. The van der Waals surface area contributed by atoms with Crippen molar-refractivity contribution in [2.45, 2.75) is 39.0 Å². The van der Waals surface area contributed by atoms with Crippen LogP contribution in [0.15, 0.2) is 47.6 Å². The fourth-order valence-electron chi connectivity index (χ4n) is 3.51. The van der Waals surface area contributed by atoms with Crippen LogP contribution in [0.5, 0.6) is 5.75 Å². The Morgan fingerprint density at radius 3 is 2.56 bits per heavy atom. The molecule has 0 radical (unpaired) electrons. The Kier molecular flexibility index (Phi) is 4.38. The van der Waals surface area contributed by atoms with E-state index in [0.717, 1.165) is 45.5 Å². The topological polar surface area (TPSA) is 24.8 Å². The summed E-state index contributed by atoms with van der Waals surface area (Å²) in [6, 6.07) is 13.9. The van der Waals surface area contributed by atoms with E-state index in [1.165, 1.54) is 0 Å². The van der Waals surface area contributed by atoms with Gasteiger partial charge in [0, 0.05) is 28.5 Å². The average molecular weight is 375 g/mol. The Labute approximate surface area is 158 Å². The maximum atomic E-state index is 6.25. The number of nitrogens with zero attached hydrogens (tertiary/aromatic N) is 2. The Morgan fingerprint density at radius 2 is 1.84 bits per heavy atom. The first-order chi connectivity index (χ1) is 12.0. The summed E-state index contributed by atoms with van der Waals surface area (Å²) < 4.78 is 6.25. The van der Waals surface area contributed by atoms with E-state index < -0.39 is 0 Å². The van der Waals surface area contributed by atoms with Crippen molar-refractivity contribution in [3.8, 4) is 5.75 Å². The minimum atomic E-state index is -0.0523. The minimum Gasteiger partial charge on any atom is -0.469 e. The van der Waals surface area contributed by atoms with Gasteiger partial charge in [0.2, 0.25) is 0 Å². The molecule has 2 heterocycles. The van der Waals surface area contributed by atoms with Crippen LogP contribution in [0.4, 0.5) is 0 Å². The lowest BCUT2D eigenvalue weighted by Crippen LogP contribution is -2.41. The Balaban J connectivity index is 1.72. The second-order valence-corrected chi connectivity index (χ2v) is 7.91. The summed E-state index contributed by atoms with van der Waals surface area (Å²) in [6.07, 6.45) is 1.71. The molecule has 0 fully saturated rings. The highest BCUT2D eigenvalue weighted by Gasteiger charge is 2.40. The third-order valence-electron chi connectivity index (χ3n) is 4.68. The number of benzene rings is 2. The summed E-state index contributed by atoms with van der Waals surface area (Å²) in [4.78, 5) is 0. The van der Waals surface area contributed by atoms with Gasteiger partial charge in [-0.1, -0.05) is 49.2 Å². The highest BCUT2D eigenvalue weighted by molar-refractivity contribution is 6.31. The molecule has 3 nitrogen and oxygen atoms in total. The normalized spacial score (nSPS) is 21.6. The van der Waals surface area contributed by atoms with E-state index >= 15 is 0 Å². The van der Waals surface area contributed by atoms with Crippen LogP contribution in [-0.2, 0) is 0 Å². The zero-order chi connectivity index (χ0) is 17.6. The SMILES string of the molecule is CC(C)C[C@@H]1Oc2ccc(Cl)cc2[C@H]2CC(c3ccc(Cl)cc3)=NN12. The van der Waals surface area contributed by atoms with Crippen molar-refractivity contribution in [2.75, 3.05) is 0 Å². The monoisotopic (exact) mass is 374 g/mol. The molecule has 2 aliphatic heterocycles. The zero-order valence-electron chi connectivity index (χ0n) is 14.2. The summed E-state index contributed by atoms with van der Waals surface area (Å²) in [6.45, 7) is 4.41. The molecule has 130 valence electrons. The van der Waals surface area contributed by atoms with Gasteiger partial charge in [-0.3, -0.25) is 5.01 Å². The van der Waals surface area contributed by atoms with Gasteiger partial charge < -0.3 is 4.74 Å². The molecule has 0 spiro atoms. The van der Waals surface area contributed by atoms with Crippen molar-refractivity contribution in [2.24, 2.45) is 11.0 Å². The lowest BCUT2D eigenvalue weighted by Gasteiger charge is -2.38. The number of rotatable bonds is 3. The van der Waals surface area contributed by atoms with Gasteiger partial charge in [-0.2, -0.15) is 5.10 Å². The largest absolute Gasteiger partial charge is 0.469 e. The van der Waals surface area contributed by atoms with Crippen LogP contribution in [0.1, 0.15) is 43.9 Å². The average Bonchev–Trinajstić information content (AvgIpc) is 3.01. The van der Waals surface area contributed by atoms with Crippen LogP contribution in [0.2, 0.25) is 10.0 Å². The summed E-state index contributed by atoms with van der Waals surface area (Å²) in [5.41, 5.74) is 3.28. The summed E-state index contributed by atoms with van der Waals surface area (Å²) in [7, 11) is 0.